The summed E-state index contributed by atoms with van der Waals surface area (Å²) in [6, 6.07) is 0. The van der Waals surface area contributed by atoms with Crippen molar-refractivity contribution in [3.8, 4) is 0 Å². The quantitative estimate of drug-likeness (QED) is 0.791. The molecule has 0 bridgehead atoms. The highest BCUT2D eigenvalue weighted by Crippen LogP contribution is 2.20. The molecule has 2 aliphatic rings. The Labute approximate surface area is 122 Å². The molecule has 2 rings (SSSR count). The van der Waals surface area contributed by atoms with Crippen LogP contribution in [0.5, 0.6) is 0 Å². The molecule has 0 aromatic heterocycles. The van der Waals surface area contributed by atoms with E-state index in [0.717, 1.165) is 51.7 Å². The molecule has 1 N–H and O–H groups in total. The molecule has 20 heavy (non-hydrogen) atoms. The summed E-state index contributed by atoms with van der Waals surface area (Å²) in [4.78, 5) is 13.4. The minimum absolute atomic E-state index is 0.0807. The topological polar surface area (TPSA) is 50.8 Å². The fourth-order valence-corrected chi connectivity index (χ4v) is 2.98. The van der Waals surface area contributed by atoms with Crippen molar-refractivity contribution in [3.63, 3.8) is 0 Å². The van der Waals surface area contributed by atoms with Gasteiger partial charge in [-0.1, -0.05) is 0 Å². The molecule has 5 nitrogen and oxygen atoms in total. The molecule has 1 amide bonds. The lowest BCUT2D eigenvalue weighted by atomic mass is 9.93. The maximum Gasteiger partial charge on any atom is 0.216 e. The zero-order valence-corrected chi connectivity index (χ0v) is 12.6. The number of likely N-dealkylation sites (tertiary alicyclic amines) is 1. The molecule has 2 aliphatic heterocycles. The van der Waals surface area contributed by atoms with E-state index in [2.05, 4.69) is 10.2 Å². The predicted octanol–water partition coefficient (Wildman–Crippen LogP) is 1.03. The summed E-state index contributed by atoms with van der Waals surface area (Å²) in [5, 5.41) is 2.89. The number of rotatable bonds is 6. The van der Waals surface area contributed by atoms with Gasteiger partial charge in [-0.2, -0.15) is 0 Å². The van der Waals surface area contributed by atoms with Crippen LogP contribution in [0, 0.1) is 5.92 Å². The van der Waals surface area contributed by atoms with Crippen molar-refractivity contribution < 1.29 is 14.3 Å². The van der Waals surface area contributed by atoms with E-state index in [1.54, 1.807) is 6.92 Å². The van der Waals surface area contributed by atoms with E-state index in [-0.39, 0.29) is 5.91 Å². The van der Waals surface area contributed by atoms with Crippen molar-refractivity contribution in [1.29, 1.82) is 0 Å². The SMILES string of the molecule is CC(=O)NCCC1CCN(CCC2COCCO2)CC1. The zero-order chi connectivity index (χ0) is 14.2. The lowest BCUT2D eigenvalue weighted by Gasteiger charge is -2.33. The van der Waals surface area contributed by atoms with E-state index in [1.165, 1.54) is 25.9 Å². The Morgan fingerprint density at radius 2 is 2.05 bits per heavy atom. The molecule has 0 aliphatic carbocycles. The summed E-state index contributed by atoms with van der Waals surface area (Å²) in [7, 11) is 0. The first-order valence-corrected chi connectivity index (χ1v) is 7.90. The number of carbonyl (C=O) groups excluding carboxylic acids is 1. The van der Waals surface area contributed by atoms with Gasteiger partial charge in [0.05, 0.1) is 25.9 Å². The maximum absolute atomic E-state index is 10.8. The van der Waals surface area contributed by atoms with Crippen molar-refractivity contribution in [1.82, 2.24) is 10.2 Å². The highest BCUT2D eigenvalue weighted by Gasteiger charge is 2.21. The first-order chi connectivity index (χ1) is 9.74. The molecule has 2 fully saturated rings. The summed E-state index contributed by atoms with van der Waals surface area (Å²) in [5.74, 6) is 0.851. The van der Waals surface area contributed by atoms with Crippen molar-refractivity contribution in [2.24, 2.45) is 5.92 Å². The number of hydrogen-bond donors (Lipinski definition) is 1. The van der Waals surface area contributed by atoms with Crippen molar-refractivity contribution in [2.75, 3.05) is 46.0 Å². The zero-order valence-electron chi connectivity index (χ0n) is 12.6. The number of carbonyl (C=O) groups is 1. The third-order valence-electron chi connectivity index (χ3n) is 4.29. The fourth-order valence-electron chi connectivity index (χ4n) is 2.98. The molecule has 0 aromatic rings. The smallest absolute Gasteiger partial charge is 0.216 e. The van der Waals surface area contributed by atoms with Gasteiger partial charge in [0.1, 0.15) is 0 Å². The predicted molar refractivity (Wildman–Crippen MR) is 77.6 cm³/mol. The molecule has 1 atom stereocenters. The summed E-state index contributed by atoms with van der Waals surface area (Å²) in [6.07, 6.45) is 4.99. The van der Waals surface area contributed by atoms with Gasteiger partial charge in [-0.25, -0.2) is 0 Å². The van der Waals surface area contributed by atoms with Crippen molar-refractivity contribution in [3.05, 3.63) is 0 Å². The van der Waals surface area contributed by atoms with Crippen LogP contribution in [0.15, 0.2) is 0 Å². The van der Waals surface area contributed by atoms with Gasteiger partial charge in [-0.3, -0.25) is 4.79 Å². The second-order valence-electron chi connectivity index (χ2n) is 5.91. The number of ether oxygens (including phenoxy) is 2. The molecule has 2 saturated heterocycles. The largest absolute Gasteiger partial charge is 0.376 e. The molecule has 1 unspecified atom stereocenters. The highest BCUT2D eigenvalue weighted by atomic mass is 16.6. The minimum atomic E-state index is 0.0807. The van der Waals surface area contributed by atoms with E-state index in [1.807, 2.05) is 0 Å². The Kier molecular flexibility index (Phi) is 6.76. The number of piperidine rings is 1. The molecular formula is C15H28N2O3. The first-order valence-electron chi connectivity index (χ1n) is 7.90. The molecular weight excluding hydrogens is 256 g/mol. The Bertz CT molecular complexity index is 285. The molecule has 116 valence electrons. The van der Waals surface area contributed by atoms with Gasteiger partial charge in [0.2, 0.25) is 5.91 Å². The van der Waals surface area contributed by atoms with E-state index < -0.39 is 0 Å². The van der Waals surface area contributed by atoms with Crippen LogP contribution in [0.2, 0.25) is 0 Å². The Morgan fingerprint density at radius 3 is 2.70 bits per heavy atom. The Hall–Kier alpha value is -0.650. The van der Waals surface area contributed by atoms with E-state index in [0.29, 0.717) is 6.10 Å². The van der Waals surface area contributed by atoms with Gasteiger partial charge >= 0.3 is 0 Å². The van der Waals surface area contributed by atoms with Gasteiger partial charge < -0.3 is 19.7 Å². The van der Waals surface area contributed by atoms with Crippen LogP contribution in [0.4, 0.5) is 0 Å². The third kappa shape index (κ3) is 5.77. The van der Waals surface area contributed by atoms with E-state index >= 15 is 0 Å². The molecule has 5 heteroatoms. The summed E-state index contributed by atoms with van der Waals surface area (Å²) in [6.45, 7) is 8.13. The number of nitrogens with zero attached hydrogens (tertiary/aromatic N) is 1. The average molecular weight is 284 g/mol. The molecule has 0 spiro atoms. The summed E-state index contributed by atoms with van der Waals surface area (Å²) < 4.78 is 11.1. The van der Waals surface area contributed by atoms with Crippen LogP contribution in [0.1, 0.15) is 32.6 Å². The normalized spacial score (nSPS) is 25.6. The summed E-state index contributed by atoms with van der Waals surface area (Å²) in [5.41, 5.74) is 0. The van der Waals surface area contributed by atoms with E-state index in [4.69, 9.17) is 9.47 Å². The average Bonchev–Trinajstić information content (AvgIpc) is 2.47. The number of hydrogen-bond acceptors (Lipinski definition) is 4. The fraction of sp³-hybridized carbons (Fsp3) is 0.933. The van der Waals surface area contributed by atoms with Gasteiger partial charge in [0.25, 0.3) is 0 Å². The highest BCUT2D eigenvalue weighted by molar-refractivity contribution is 5.72. The van der Waals surface area contributed by atoms with Crippen LogP contribution in [-0.2, 0) is 14.3 Å². The van der Waals surface area contributed by atoms with Crippen molar-refractivity contribution in [2.45, 2.75) is 38.7 Å². The van der Waals surface area contributed by atoms with Crippen molar-refractivity contribution >= 4 is 5.91 Å². The molecule has 0 aromatic carbocycles. The number of nitrogens with one attached hydrogen (secondary N) is 1. The van der Waals surface area contributed by atoms with Crippen LogP contribution in [0.25, 0.3) is 0 Å². The third-order valence-corrected chi connectivity index (χ3v) is 4.29. The van der Waals surface area contributed by atoms with Gasteiger partial charge in [0.15, 0.2) is 0 Å². The minimum Gasteiger partial charge on any atom is -0.376 e. The molecule has 0 saturated carbocycles. The first kappa shape index (κ1) is 15.7. The second kappa shape index (κ2) is 8.60. The van der Waals surface area contributed by atoms with Gasteiger partial charge in [-0.05, 0) is 44.7 Å². The Balaban J connectivity index is 1.53. The Morgan fingerprint density at radius 1 is 1.25 bits per heavy atom. The number of amides is 1. The van der Waals surface area contributed by atoms with Gasteiger partial charge in [-0.15, -0.1) is 0 Å². The lowest BCUT2D eigenvalue weighted by molar-refractivity contribution is -0.119. The molecule has 2 heterocycles. The van der Waals surface area contributed by atoms with Crippen LogP contribution in [-0.4, -0.2) is 62.9 Å². The van der Waals surface area contributed by atoms with Crippen LogP contribution < -0.4 is 5.32 Å². The summed E-state index contributed by atoms with van der Waals surface area (Å²) >= 11 is 0. The standard InChI is InChI=1S/C15H28N2O3/c1-13(18)16-6-2-14-3-7-17(8-4-14)9-5-15-12-19-10-11-20-15/h14-15H,2-12H2,1H3,(H,16,18). The van der Waals surface area contributed by atoms with E-state index in [9.17, 15) is 4.79 Å². The van der Waals surface area contributed by atoms with Gasteiger partial charge in [0, 0.05) is 20.0 Å². The second-order valence-corrected chi connectivity index (χ2v) is 5.91. The molecule has 0 radical (unpaired) electrons. The maximum atomic E-state index is 10.8. The monoisotopic (exact) mass is 284 g/mol. The van der Waals surface area contributed by atoms with Crippen LogP contribution in [0.3, 0.4) is 0 Å². The lowest BCUT2D eigenvalue weighted by Crippen LogP contribution is -2.38. The van der Waals surface area contributed by atoms with Crippen LogP contribution >= 0.6 is 0 Å².